The van der Waals surface area contributed by atoms with E-state index in [0.29, 0.717) is 23.4 Å². The van der Waals surface area contributed by atoms with Crippen molar-refractivity contribution in [2.24, 2.45) is 11.8 Å². The van der Waals surface area contributed by atoms with Gasteiger partial charge in [0.15, 0.2) is 17.5 Å². The van der Waals surface area contributed by atoms with Crippen molar-refractivity contribution >= 4 is 32.7 Å². The Morgan fingerprint density at radius 2 is 1.25 bits per heavy atom. The average Bonchev–Trinajstić information content (AvgIpc) is 3.77. The maximum atomic E-state index is 6.63. The molecular formula is C53H39N3O. The zero-order valence-corrected chi connectivity index (χ0v) is 31.7. The monoisotopic (exact) mass is 733 g/mol. The predicted molar refractivity (Wildman–Crippen MR) is 232 cm³/mol. The number of rotatable bonds is 4. The van der Waals surface area contributed by atoms with Gasteiger partial charge in [-0.05, 0) is 118 Å². The maximum Gasteiger partial charge on any atom is 0.164 e. The molecule has 0 amide bonds. The first-order valence-corrected chi connectivity index (χ1v) is 20.3. The Morgan fingerprint density at radius 3 is 2.12 bits per heavy atom. The van der Waals surface area contributed by atoms with Crippen molar-refractivity contribution in [1.29, 1.82) is 0 Å². The van der Waals surface area contributed by atoms with Crippen LogP contribution in [0.2, 0.25) is 0 Å². The van der Waals surface area contributed by atoms with Crippen LogP contribution in [0.5, 0.6) is 0 Å². The molecule has 2 aromatic heterocycles. The molecule has 3 atom stereocenters. The Labute approximate surface area is 331 Å². The zero-order valence-electron chi connectivity index (χ0n) is 31.7. The van der Waals surface area contributed by atoms with Crippen LogP contribution in [0.25, 0.3) is 89.1 Å². The molecule has 3 aliphatic rings. The molecule has 0 radical (unpaired) electrons. The molecule has 9 aromatic rings. The second kappa shape index (κ2) is 12.4. The number of hydrogen-bond acceptors (Lipinski definition) is 4. The van der Waals surface area contributed by atoms with E-state index in [1.807, 2.05) is 30.3 Å². The van der Waals surface area contributed by atoms with Crippen molar-refractivity contribution in [2.45, 2.75) is 38.0 Å². The van der Waals surface area contributed by atoms with E-state index in [1.54, 1.807) is 5.57 Å². The molecule has 57 heavy (non-hydrogen) atoms. The number of furan rings is 1. The number of fused-ring (bicyclic) bond motifs is 12. The highest BCUT2D eigenvalue weighted by Crippen LogP contribution is 2.62. The third kappa shape index (κ3) is 5.03. The minimum absolute atomic E-state index is 0.0312. The molecule has 0 aliphatic heterocycles. The van der Waals surface area contributed by atoms with Crippen molar-refractivity contribution in [3.63, 3.8) is 0 Å². The van der Waals surface area contributed by atoms with Crippen molar-refractivity contribution in [3.05, 3.63) is 174 Å². The summed E-state index contributed by atoms with van der Waals surface area (Å²) in [5.74, 6) is 3.36. The van der Waals surface area contributed by atoms with Gasteiger partial charge in [0.25, 0.3) is 0 Å². The fourth-order valence-corrected chi connectivity index (χ4v) is 10.6. The van der Waals surface area contributed by atoms with Gasteiger partial charge in [0.05, 0.1) is 0 Å². The molecule has 12 rings (SSSR count). The van der Waals surface area contributed by atoms with Gasteiger partial charge in [-0.15, -0.1) is 0 Å². The largest absolute Gasteiger partial charge is 0.456 e. The maximum absolute atomic E-state index is 6.63. The third-order valence-electron chi connectivity index (χ3n) is 13.1. The van der Waals surface area contributed by atoms with Crippen molar-refractivity contribution in [3.8, 4) is 56.4 Å². The van der Waals surface area contributed by atoms with Crippen LogP contribution in [0.15, 0.2) is 168 Å². The summed E-state index contributed by atoms with van der Waals surface area (Å²) in [6.07, 6.45) is 7.64. The van der Waals surface area contributed by atoms with Gasteiger partial charge in [0.1, 0.15) is 11.2 Å². The summed E-state index contributed by atoms with van der Waals surface area (Å²) in [6, 6.07) is 54.2. The van der Waals surface area contributed by atoms with E-state index in [2.05, 4.69) is 134 Å². The Bertz CT molecular complexity index is 3120. The SMILES string of the molecule is CC1C=C2CC(CCC23c2ccccc2-c2c(-c4ccc5c(c4)oc4ccc(-c6nc(-c7ccccc7)nc(-c7ccc8ccccc8c7)n6)cc45)cccc23)C1. The average molecular weight is 734 g/mol. The number of aromatic nitrogens is 3. The van der Waals surface area contributed by atoms with Crippen LogP contribution in [0.4, 0.5) is 0 Å². The Morgan fingerprint density at radius 1 is 0.544 bits per heavy atom. The van der Waals surface area contributed by atoms with E-state index >= 15 is 0 Å². The smallest absolute Gasteiger partial charge is 0.164 e. The molecule has 3 aliphatic carbocycles. The predicted octanol–water partition coefficient (Wildman–Crippen LogP) is 13.6. The van der Waals surface area contributed by atoms with Gasteiger partial charge in [-0.1, -0.05) is 134 Å². The van der Waals surface area contributed by atoms with Crippen LogP contribution in [0.1, 0.15) is 43.7 Å². The summed E-state index contributed by atoms with van der Waals surface area (Å²) >= 11 is 0. The Balaban J connectivity index is 0.977. The van der Waals surface area contributed by atoms with Crippen LogP contribution in [0.3, 0.4) is 0 Å². The van der Waals surface area contributed by atoms with E-state index in [-0.39, 0.29) is 5.41 Å². The second-order valence-electron chi connectivity index (χ2n) is 16.5. The number of benzene rings is 7. The zero-order chi connectivity index (χ0) is 37.7. The molecule has 4 heteroatoms. The minimum atomic E-state index is -0.0312. The van der Waals surface area contributed by atoms with Crippen LogP contribution in [-0.2, 0) is 5.41 Å². The Kier molecular flexibility index (Phi) is 7.10. The summed E-state index contributed by atoms with van der Waals surface area (Å²) in [5.41, 5.74) is 14.3. The first-order valence-electron chi connectivity index (χ1n) is 20.3. The molecule has 2 bridgehead atoms. The Hall–Kier alpha value is -6.65. The summed E-state index contributed by atoms with van der Waals surface area (Å²) in [6.45, 7) is 2.41. The van der Waals surface area contributed by atoms with E-state index < -0.39 is 0 Å². The molecule has 4 nitrogen and oxygen atoms in total. The highest BCUT2D eigenvalue weighted by atomic mass is 16.3. The molecule has 3 unspecified atom stereocenters. The molecule has 272 valence electrons. The number of allylic oxidation sites excluding steroid dienone is 2. The van der Waals surface area contributed by atoms with Gasteiger partial charge < -0.3 is 4.42 Å². The van der Waals surface area contributed by atoms with Gasteiger partial charge in [0, 0.05) is 32.9 Å². The lowest BCUT2D eigenvalue weighted by Crippen LogP contribution is -2.36. The lowest BCUT2D eigenvalue weighted by Gasteiger charge is -2.45. The molecule has 1 saturated carbocycles. The van der Waals surface area contributed by atoms with Gasteiger partial charge in [-0.2, -0.15) is 0 Å². The highest BCUT2D eigenvalue weighted by molar-refractivity contribution is 6.08. The summed E-state index contributed by atoms with van der Waals surface area (Å²) in [4.78, 5) is 15.1. The summed E-state index contributed by atoms with van der Waals surface area (Å²) in [5, 5.41) is 4.45. The van der Waals surface area contributed by atoms with Crippen LogP contribution in [0, 0.1) is 11.8 Å². The molecule has 2 heterocycles. The van der Waals surface area contributed by atoms with E-state index in [9.17, 15) is 0 Å². The van der Waals surface area contributed by atoms with E-state index in [1.165, 1.54) is 64.5 Å². The van der Waals surface area contributed by atoms with Crippen LogP contribution >= 0.6 is 0 Å². The lowest BCUT2D eigenvalue weighted by molar-refractivity contribution is 0.284. The van der Waals surface area contributed by atoms with Crippen molar-refractivity contribution in [2.75, 3.05) is 0 Å². The molecule has 0 saturated heterocycles. The third-order valence-corrected chi connectivity index (χ3v) is 13.1. The molecule has 1 spiro atoms. The van der Waals surface area contributed by atoms with Gasteiger partial charge in [-0.25, -0.2) is 15.0 Å². The van der Waals surface area contributed by atoms with Crippen LogP contribution < -0.4 is 0 Å². The lowest BCUT2D eigenvalue weighted by atomic mass is 9.58. The fourth-order valence-electron chi connectivity index (χ4n) is 10.6. The first kappa shape index (κ1) is 32.6. The second-order valence-corrected chi connectivity index (χ2v) is 16.5. The van der Waals surface area contributed by atoms with Crippen molar-refractivity contribution in [1.82, 2.24) is 15.0 Å². The summed E-state index contributed by atoms with van der Waals surface area (Å²) in [7, 11) is 0. The summed E-state index contributed by atoms with van der Waals surface area (Å²) < 4.78 is 6.63. The number of hydrogen-bond donors (Lipinski definition) is 0. The van der Waals surface area contributed by atoms with Gasteiger partial charge >= 0.3 is 0 Å². The van der Waals surface area contributed by atoms with E-state index in [0.717, 1.165) is 49.9 Å². The topological polar surface area (TPSA) is 51.8 Å². The highest BCUT2D eigenvalue weighted by Gasteiger charge is 2.50. The van der Waals surface area contributed by atoms with E-state index in [4.69, 9.17) is 19.4 Å². The van der Waals surface area contributed by atoms with Crippen molar-refractivity contribution < 1.29 is 4.42 Å². The van der Waals surface area contributed by atoms with Gasteiger partial charge in [0.2, 0.25) is 0 Å². The molecular weight excluding hydrogens is 695 g/mol. The molecule has 7 aromatic carbocycles. The van der Waals surface area contributed by atoms with Crippen LogP contribution in [-0.4, -0.2) is 15.0 Å². The quantitative estimate of drug-likeness (QED) is 0.169. The fraction of sp³-hybridized carbons (Fsp3) is 0.151. The normalized spacial score (nSPS) is 19.6. The standard InChI is InChI=1S/C53H39N3O/c1-32-26-33-24-25-53(40(27-32)28-33)45-16-8-7-14-43(45)49-41(15-9-17-46(49)53)37-20-22-42-44-30-39(21-23-47(44)57-48(42)31-37)52-55-50(35-11-3-2-4-12-35)54-51(56-52)38-19-18-34-10-5-6-13-36(34)29-38/h2-23,27,29-33H,24-26,28H2,1H3. The van der Waals surface area contributed by atoms with Gasteiger partial charge in [-0.3, -0.25) is 0 Å². The molecule has 0 N–H and O–H groups in total. The number of nitrogens with zero attached hydrogens (tertiary/aromatic N) is 3. The first-order chi connectivity index (χ1) is 28.1. The molecule has 1 fully saturated rings. The minimum Gasteiger partial charge on any atom is -0.456 e.